The second-order valence-electron chi connectivity index (χ2n) is 3.35. The Morgan fingerprint density at radius 1 is 1.21 bits per heavy atom. The second kappa shape index (κ2) is 3.61. The summed E-state index contributed by atoms with van der Waals surface area (Å²) in [5.74, 6) is -3.41. The predicted octanol–water partition coefficient (Wildman–Crippen LogP) is 2.72. The Kier molecular flexibility index (Phi) is 2.85. The lowest BCUT2D eigenvalue weighted by atomic mass is 9.92. The molecule has 0 spiro atoms. The highest BCUT2D eigenvalue weighted by molar-refractivity contribution is 5.26. The molecular weight excluding hydrogens is 193 g/mol. The van der Waals surface area contributed by atoms with Crippen LogP contribution in [0.1, 0.15) is 25.8 Å². The summed E-state index contributed by atoms with van der Waals surface area (Å²) in [6, 6.07) is 1.50. The van der Waals surface area contributed by atoms with E-state index in [0.717, 1.165) is 6.07 Å². The van der Waals surface area contributed by atoms with Crippen molar-refractivity contribution in [2.24, 2.45) is 0 Å². The molecule has 4 heteroatoms. The fourth-order valence-electron chi connectivity index (χ4n) is 1.20. The quantitative estimate of drug-likeness (QED) is 0.734. The molecule has 78 valence electrons. The van der Waals surface area contributed by atoms with Crippen LogP contribution in [-0.4, -0.2) is 5.11 Å². The van der Waals surface area contributed by atoms with Crippen molar-refractivity contribution in [3.8, 4) is 0 Å². The molecule has 0 fully saturated rings. The molecule has 0 aliphatic carbocycles. The van der Waals surface area contributed by atoms with Gasteiger partial charge in [0.05, 0.1) is 11.2 Å². The normalized spacial score (nSPS) is 15.3. The molecule has 14 heavy (non-hydrogen) atoms. The van der Waals surface area contributed by atoms with Crippen molar-refractivity contribution in [3.05, 3.63) is 35.1 Å². The molecule has 0 saturated carbocycles. The van der Waals surface area contributed by atoms with Gasteiger partial charge in [0.15, 0.2) is 11.6 Å². The number of hydrogen-bond acceptors (Lipinski definition) is 1. The van der Waals surface area contributed by atoms with Gasteiger partial charge >= 0.3 is 0 Å². The predicted molar refractivity (Wildman–Crippen MR) is 46.2 cm³/mol. The van der Waals surface area contributed by atoms with Crippen LogP contribution in [0.3, 0.4) is 0 Å². The summed E-state index contributed by atoms with van der Waals surface area (Å²) in [4.78, 5) is 0. The van der Waals surface area contributed by atoms with Gasteiger partial charge in [0.25, 0.3) is 0 Å². The SMILES string of the molecule is CCC(C)(O)c1c(F)ccc(F)c1F. The molecule has 1 nitrogen and oxygen atoms in total. The lowest BCUT2D eigenvalue weighted by Crippen LogP contribution is -2.24. The first-order valence-electron chi connectivity index (χ1n) is 4.26. The number of halogens is 3. The van der Waals surface area contributed by atoms with Crippen LogP contribution in [0.2, 0.25) is 0 Å². The standard InChI is InChI=1S/C10H11F3O/c1-3-10(2,14)8-6(11)4-5-7(12)9(8)13/h4-5,14H,3H2,1-2H3. The van der Waals surface area contributed by atoms with E-state index in [1.54, 1.807) is 6.92 Å². The number of rotatable bonds is 2. The van der Waals surface area contributed by atoms with Crippen molar-refractivity contribution in [2.75, 3.05) is 0 Å². The fourth-order valence-corrected chi connectivity index (χ4v) is 1.20. The Balaban J connectivity index is 3.40. The zero-order valence-electron chi connectivity index (χ0n) is 7.94. The third-order valence-corrected chi connectivity index (χ3v) is 2.27. The van der Waals surface area contributed by atoms with Crippen LogP contribution in [-0.2, 0) is 5.60 Å². The van der Waals surface area contributed by atoms with E-state index < -0.39 is 28.6 Å². The minimum Gasteiger partial charge on any atom is -0.385 e. The van der Waals surface area contributed by atoms with Crippen LogP contribution in [0, 0.1) is 17.5 Å². The molecule has 1 atom stereocenters. The maximum absolute atomic E-state index is 13.2. The number of hydrogen-bond donors (Lipinski definition) is 1. The van der Waals surface area contributed by atoms with E-state index in [9.17, 15) is 18.3 Å². The van der Waals surface area contributed by atoms with Crippen molar-refractivity contribution < 1.29 is 18.3 Å². The van der Waals surface area contributed by atoms with Crippen molar-refractivity contribution in [1.29, 1.82) is 0 Å². The Morgan fingerprint density at radius 3 is 2.21 bits per heavy atom. The van der Waals surface area contributed by atoms with Crippen LogP contribution in [0.5, 0.6) is 0 Å². The zero-order valence-corrected chi connectivity index (χ0v) is 7.94. The third-order valence-electron chi connectivity index (χ3n) is 2.27. The molecule has 0 aliphatic heterocycles. The molecule has 0 radical (unpaired) electrons. The van der Waals surface area contributed by atoms with Gasteiger partial charge in [0.1, 0.15) is 5.82 Å². The van der Waals surface area contributed by atoms with Gasteiger partial charge in [-0.3, -0.25) is 0 Å². The topological polar surface area (TPSA) is 20.2 Å². The average Bonchev–Trinajstić information content (AvgIpc) is 2.12. The molecule has 0 heterocycles. The minimum atomic E-state index is -1.68. The van der Waals surface area contributed by atoms with Gasteiger partial charge in [-0.15, -0.1) is 0 Å². The van der Waals surface area contributed by atoms with Crippen molar-refractivity contribution >= 4 is 0 Å². The fraction of sp³-hybridized carbons (Fsp3) is 0.400. The van der Waals surface area contributed by atoms with Crippen molar-refractivity contribution in [1.82, 2.24) is 0 Å². The first-order chi connectivity index (χ1) is 6.40. The molecule has 1 rings (SSSR count). The smallest absolute Gasteiger partial charge is 0.167 e. The highest BCUT2D eigenvalue weighted by Gasteiger charge is 2.29. The van der Waals surface area contributed by atoms with Gasteiger partial charge in [0.2, 0.25) is 0 Å². The molecule has 0 bridgehead atoms. The van der Waals surface area contributed by atoms with E-state index >= 15 is 0 Å². The third kappa shape index (κ3) is 1.75. The summed E-state index contributed by atoms with van der Waals surface area (Å²) in [7, 11) is 0. The Labute approximate surface area is 80.2 Å². The van der Waals surface area contributed by atoms with Gasteiger partial charge in [-0.2, -0.15) is 0 Å². The second-order valence-corrected chi connectivity index (χ2v) is 3.35. The monoisotopic (exact) mass is 204 g/mol. The maximum atomic E-state index is 13.2. The van der Waals surface area contributed by atoms with E-state index in [1.807, 2.05) is 0 Å². The van der Waals surface area contributed by atoms with E-state index in [-0.39, 0.29) is 6.42 Å². The summed E-state index contributed by atoms with van der Waals surface area (Å²) in [6.45, 7) is 2.80. The van der Waals surface area contributed by atoms with Crippen LogP contribution in [0.25, 0.3) is 0 Å². The van der Waals surface area contributed by atoms with Crippen LogP contribution in [0.15, 0.2) is 12.1 Å². The first-order valence-corrected chi connectivity index (χ1v) is 4.26. The number of benzene rings is 1. The van der Waals surface area contributed by atoms with E-state index in [1.165, 1.54) is 6.92 Å². The summed E-state index contributed by atoms with van der Waals surface area (Å²) in [5.41, 5.74) is -2.30. The van der Waals surface area contributed by atoms with Gasteiger partial charge in [-0.25, -0.2) is 13.2 Å². The van der Waals surface area contributed by atoms with Crippen molar-refractivity contribution in [3.63, 3.8) is 0 Å². The Bertz CT molecular complexity index is 347. The molecule has 0 aliphatic rings. The van der Waals surface area contributed by atoms with Gasteiger partial charge < -0.3 is 5.11 Å². The summed E-state index contributed by atoms with van der Waals surface area (Å²) >= 11 is 0. The van der Waals surface area contributed by atoms with Crippen LogP contribution < -0.4 is 0 Å². The van der Waals surface area contributed by atoms with Gasteiger partial charge in [-0.05, 0) is 25.5 Å². The van der Waals surface area contributed by atoms with E-state index in [2.05, 4.69) is 0 Å². The molecule has 1 aromatic carbocycles. The molecule has 0 saturated heterocycles. The highest BCUT2D eigenvalue weighted by Crippen LogP contribution is 2.30. The number of aliphatic hydroxyl groups is 1. The summed E-state index contributed by atoms with van der Waals surface area (Å²) in [6.07, 6.45) is 0.101. The van der Waals surface area contributed by atoms with Gasteiger partial charge in [-0.1, -0.05) is 6.92 Å². The van der Waals surface area contributed by atoms with E-state index in [0.29, 0.717) is 6.07 Å². The molecule has 1 unspecified atom stereocenters. The van der Waals surface area contributed by atoms with E-state index in [4.69, 9.17) is 0 Å². The molecule has 1 aromatic rings. The molecule has 0 aromatic heterocycles. The van der Waals surface area contributed by atoms with Gasteiger partial charge in [0, 0.05) is 0 Å². The summed E-state index contributed by atoms with van der Waals surface area (Å²) in [5, 5.41) is 9.63. The lowest BCUT2D eigenvalue weighted by molar-refractivity contribution is 0.0445. The summed E-state index contributed by atoms with van der Waals surface area (Å²) < 4.78 is 39.1. The van der Waals surface area contributed by atoms with Crippen LogP contribution in [0.4, 0.5) is 13.2 Å². The lowest BCUT2D eigenvalue weighted by Gasteiger charge is -2.22. The molecule has 0 amide bonds. The largest absolute Gasteiger partial charge is 0.385 e. The Morgan fingerprint density at radius 2 is 1.71 bits per heavy atom. The minimum absolute atomic E-state index is 0.101. The zero-order chi connectivity index (χ0) is 10.9. The van der Waals surface area contributed by atoms with Crippen LogP contribution >= 0.6 is 0 Å². The van der Waals surface area contributed by atoms with Crippen molar-refractivity contribution in [2.45, 2.75) is 25.9 Å². The maximum Gasteiger partial charge on any atom is 0.167 e. The molecular formula is C10H11F3O. The first kappa shape index (κ1) is 11.0. The highest BCUT2D eigenvalue weighted by atomic mass is 19.2. The molecule has 1 N–H and O–H groups in total. The average molecular weight is 204 g/mol. The Hall–Kier alpha value is -1.03.